The van der Waals surface area contributed by atoms with Crippen LogP contribution < -0.4 is 4.74 Å². The molecule has 0 aliphatic carbocycles. The van der Waals surface area contributed by atoms with Crippen LogP contribution >= 0.6 is 0 Å². The van der Waals surface area contributed by atoms with E-state index in [1.54, 1.807) is 0 Å². The van der Waals surface area contributed by atoms with Crippen molar-refractivity contribution >= 4 is 24.0 Å². The first-order chi connectivity index (χ1) is 20.0. The van der Waals surface area contributed by atoms with E-state index in [9.17, 15) is 45.0 Å². The van der Waals surface area contributed by atoms with E-state index in [4.69, 9.17) is 23.7 Å². The molecule has 1 aromatic carbocycles. The Morgan fingerprint density at radius 2 is 1.81 bits per heavy atom. The van der Waals surface area contributed by atoms with Crippen molar-refractivity contribution in [3.63, 3.8) is 0 Å². The maximum absolute atomic E-state index is 12.3. The maximum Gasteiger partial charge on any atom is 0.335 e. The zero-order valence-corrected chi connectivity index (χ0v) is 22.6. The molecular weight excluding hydrogens is 564 g/mol. The van der Waals surface area contributed by atoms with Gasteiger partial charge in [-0.1, -0.05) is 6.07 Å². The Hall–Kier alpha value is -3.99. The fraction of sp³-hybridized carbons (Fsp3) is 0.444. The number of carboxylic acids is 1. The summed E-state index contributed by atoms with van der Waals surface area (Å²) in [6.07, 6.45) is -5.63. The second kappa shape index (κ2) is 14.8. The van der Waals surface area contributed by atoms with Crippen molar-refractivity contribution in [2.45, 2.75) is 43.4 Å². The number of rotatable bonds is 11. The van der Waals surface area contributed by atoms with E-state index in [0.29, 0.717) is 5.56 Å². The number of carboxylic acid groups (broad SMARTS) is 1. The molecule has 0 radical (unpaired) electrons. The van der Waals surface area contributed by atoms with Crippen molar-refractivity contribution in [2.24, 2.45) is 5.92 Å². The summed E-state index contributed by atoms with van der Waals surface area (Å²) in [5.41, 5.74) is 0.146. The quantitative estimate of drug-likeness (QED) is 0.104. The molecule has 0 saturated carbocycles. The summed E-state index contributed by atoms with van der Waals surface area (Å²) in [4.78, 5) is 36.4. The number of carbonyl (C=O) groups excluding carboxylic acids is 2. The van der Waals surface area contributed by atoms with Crippen LogP contribution in [0.1, 0.15) is 12.0 Å². The fourth-order valence-electron chi connectivity index (χ4n) is 4.20. The molecule has 1 fully saturated rings. The summed E-state index contributed by atoms with van der Waals surface area (Å²) in [5, 5.41) is 59.4. The van der Waals surface area contributed by atoms with Crippen LogP contribution in [0.2, 0.25) is 0 Å². The van der Waals surface area contributed by atoms with Crippen molar-refractivity contribution in [3.05, 3.63) is 53.3 Å². The van der Waals surface area contributed by atoms with E-state index in [0.717, 1.165) is 19.4 Å². The number of phenols is 1. The van der Waals surface area contributed by atoms with E-state index in [-0.39, 0.29) is 22.6 Å². The molecule has 0 spiro atoms. The molecule has 2 heterocycles. The summed E-state index contributed by atoms with van der Waals surface area (Å²) in [7, 11) is 2.47. The van der Waals surface area contributed by atoms with Gasteiger partial charge >= 0.3 is 17.9 Å². The lowest BCUT2D eigenvalue weighted by Gasteiger charge is -2.41. The summed E-state index contributed by atoms with van der Waals surface area (Å²) in [6.45, 7) is -1.17. The number of aromatic hydroxyl groups is 1. The van der Waals surface area contributed by atoms with Gasteiger partial charge in [0, 0.05) is 17.6 Å². The number of hydrogen-bond donors (Lipinski definition) is 6. The lowest BCUT2D eigenvalue weighted by Crippen LogP contribution is -2.60. The first-order valence-corrected chi connectivity index (χ1v) is 12.5. The van der Waals surface area contributed by atoms with Crippen LogP contribution in [-0.2, 0) is 38.1 Å². The van der Waals surface area contributed by atoms with E-state index >= 15 is 0 Å². The van der Waals surface area contributed by atoms with Gasteiger partial charge < -0.3 is 59.1 Å². The minimum absolute atomic E-state index is 0.0164. The predicted octanol–water partition coefficient (Wildman–Crippen LogP) is -0.796. The first-order valence-electron chi connectivity index (χ1n) is 12.5. The molecule has 1 aromatic rings. The van der Waals surface area contributed by atoms with E-state index in [1.165, 1.54) is 37.5 Å². The summed E-state index contributed by atoms with van der Waals surface area (Å²) >= 11 is 0. The van der Waals surface area contributed by atoms with Crippen LogP contribution in [0.25, 0.3) is 6.08 Å². The van der Waals surface area contributed by atoms with Crippen LogP contribution in [0, 0.1) is 5.92 Å². The van der Waals surface area contributed by atoms with Crippen LogP contribution in [0.5, 0.6) is 11.5 Å². The van der Waals surface area contributed by atoms with E-state index < -0.39 is 80.5 Å². The lowest BCUT2D eigenvalue weighted by molar-refractivity contribution is -0.327. The Morgan fingerprint density at radius 3 is 2.45 bits per heavy atom. The van der Waals surface area contributed by atoms with Crippen molar-refractivity contribution < 1.29 is 73.4 Å². The highest BCUT2D eigenvalue weighted by Crippen LogP contribution is 2.36. The molecule has 42 heavy (non-hydrogen) atoms. The van der Waals surface area contributed by atoms with E-state index in [1.807, 2.05) is 0 Å². The van der Waals surface area contributed by atoms with Gasteiger partial charge in [0.15, 0.2) is 17.8 Å². The first kappa shape index (κ1) is 32.5. The average molecular weight is 597 g/mol. The number of aliphatic hydroxyl groups excluding tert-OH is 4. The van der Waals surface area contributed by atoms with Gasteiger partial charge in [-0.15, -0.1) is 0 Å². The molecule has 6 N–H and O–H groups in total. The number of aliphatic carboxylic acids is 1. The predicted molar refractivity (Wildman–Crippen MR) is 138 cm³/mol. The van der Waals surface area contributed by atoms with Gasteiger partial charge in [0.05, 0.1) is 39.1 Å². The van der Waals surface area contributed by atoms with Gasteiger partial charge in [0.2, 0.25) is 6.29 Å². The highest BCUT2D eigenvalue weighted by Gasteiger charge is 2.46. The molecule has 0 amide bonds. The third-order valence-corrected chi connectivity index (χ3v) is 6.48. The molecule has 7 atom stereocenters. The van der Waals surface area contributed by atoms with Gasteiger partial charge in [0.25, 0.3) is 0 Å². The van der Waals surface area contributed by atoms with Gasteiger partial charge in [-0.2, -0.15) is 0 Å². The SMILES string of the molecule is COC(=O)C[C@H]1C(C(=O)O)=CO[C@H](O[C@H]2O[C@@H](CO)[C@H](O)[C@@H](O)[C@@H]2O)/C1=C\COC(=O)/C=C/c1ccc(O)c(OC)c1. The highest BCUT2D eigenvalue weighted by atomic mass is 16.8. The maximum atomic E-state index is 12.3. The molecular formula is C27H32O15. The second-order valence-corrected chi connectivity index (χ2v) is 9.11. The van der Waals surface area contributed by atoms with Crippen LogP contribution in [-0.4, -0.2) is 113 Å². The molecule has 0 unspecified atom stereocenters. The number of phenolic OH excluding ortho intramolecular Hbond substituents is 1. The molecule has 0 aromatic heterocycles. The number of methoxy groups -OCH3 is 2. The molecule has 3 rings (SSSR count). The zero-order chi connectivity index (χ0) is 31.0. The fourth-order valence-corrected chi connectivity index (χ4v) is 4.20. The zero-order valence-electron chi connectivity index (χ0n) is 22.6. The molecule has 1 saturated heterocycles. The molecule has 0 bridgehead atoms. The van der Waals surface area contributed by atoms with Crippen LogP contribution in [0.3, 0.4) is 0 Å². The smallest absolute Gasteiger partial charge is 0.335 e. The molecule has 230 valence electrons. The number of esters is 2. The lowest BCUT2D eigenvalue weighted by atomic mass is 9.86. The van der Waals surface area contributed by atoms with Gasteiger partial charge in [-0.25, -0.2) is 9.59 Å². The van der Waals surface area contributed by atoms with Gasteiger partial charge in [0.1, 0.15) is 31.0 Å². The van der Waals surface area contributed by atoms with Crippen LogP contribution in [0.4, 0.5) is 0 Å². The van der Waals surface area contributed by atoms with Crippen LogP contribution in [0.15, 0.2) is 47.8 Å². The third-order valence-electron chi connectivity index (χ3n) is 6.48. The van der Waals surface area contributed by atoms with Gasteiger partial charge in [-0.3, -0.25) is 4.79 Å². The highest BCUT2D eigenvalue weighted by molar-refractivity contribution is 5.89. The minimum atomic E-state index is -1.81. The molecule has 2 aliphatic heterocycles. The minimum Gasteiger partial charge on any atom is -0.504 e. The Bertz CT molecular complexity index is 1220. The van der Waals surface area contributed by atoms with Crippen molar-refractivity contribution in [1.29, 1.82) is 0 Å². The molecule has 2 aliphatic rings. The third kappa shape index (κ3) is 7.84. The monoisotopic (exact) mass is 596 g/mol. The Morgan fingerprint density at radius 1 is 1.07 bits per heavy atom. The van der Waals surface area contributed by atoms with Crippen molar-refractivity contribution in [3.8, 4) is 11.5 Å². The Kier molecular flexibility index (Phi) is 11.4. The average Bonchev–Trinajstić information content (AvgIpc) is 2.97. The Balaban J connectivity index is 1.84. The Labute approximate surface area is 239 Å². The number of hydrogen-bond acceptors (Lipinski definition) is 14. The number of benzene rings is 1. The topological polar surface area (TPSA) is 228 Å². The van der Waals surface area contributed by atoms with Crippen molar-refractivity contribution in [1.82, 2.24) is 0 Å². The summed E-state index contributed by atoms with van der Waals surface area (Å²) < 4.78 is 31.3. The molecule has 15 nitrogen and oxygen atoms in total. The largest absolute Gasteiger partial charge is 0.504 e. The van der Waals surface area contributed by atoms with Gasteiger partial charge in [-0.05, 0) is 29.8 Å². The normalized spacial score (nSPS) is 28.6. The summed E-state index contributed by atoms with van der Waals surface area (Å²) in [6, 6.07) is 4.39. The van der Waals surface area contributed by atoms with Crippen molar-refractivity contribution in [2.75, 3.05) is 27.4 Å². The number of aliphatic hydroxyl groups is 4. The second-order valence-electron chi connectivity index (χ2n) is 9.11. The number of ether oxygens (including phenoxy) is 6. The van der Waals surface area contributed by atoms with E-state index in [2.05, 4.69) is 4.74 Å². The summed E-state index contributed by atoms with van der Waals surface area (Å²) in [5.74, 6) is -4.11. The number of carbonyl (C=O) groups is 3. The standard InChI is InChI=1S/C27H32O15/c1-37-18-9-13(3-5-17(18)29)4-6-20(30)39-8-7-14-15(10-21(31)38-2)16(25(35)36)12-40-26(14)42-27-24(34)23(33)22(32)19(11-28)41-27/h3-7,9,12,15,19,22-24,26-29,32-34H,8,10-11H2,1-2H3,(H,35,36)/b6-4+,14-7-/t15-,19+,22+,23-,24+,26-,27-/m1/s1. The molecule has 15 heteroatoms.